The molecule has 0 aliphatic rings. The van der Waals surface area contributed by atoms with Crippen LogP contribution in [0.2, 0.25) is 0 Å². The highest BCUT2D eigenvalue weighted by molar-refractivity contribution is 9.11. The predicted octanol–water partition coefficient (Wildman–Crippen LogP) is 3.09. The van der Waals surface area contributed by atoms with Crippen LogP contribution in [-0.4, -0.2) is 20.1 Å². The molecule has 4 heteroatoms. The van der Waals surface area contributed by atoms with Crippen LogP contribution in [0.25, 0.3) is 0 Å². The van der Waals surface area contributed by atoms with Crippen LogP contribution in [-0.2, 0) is 6.54 Å². The lowest BCUT2D eigenvalue weighted by atomic mass is 9.96. The van der Waals surface area contributed by atoms with E-state index in [1.165, 1.54) is 8.66 Å². The SMILES string of the molecule is CNCC(CNCc1ccc(Br)s1)C(C)C. The summed E-state index contributed by atoms with van der Waals surface area (Å²) in [6, 6.07) is 4.28. The van der Waals surface area contributed by atoms with Crippen molar-refractivity contribution in [2.45, 2.75) is 20.4 Å². The first kappa shape index (κ1) is 14.2. The molecule has 1 heterocycles. The maximum Gasteiger partial charge on any atom is 0.0701 e. The summed E-state index contributed by atoms with van der Waals surface area (Å²) in [5.41, 5.74) is 0. The average Bonchev–Trinajstić information content (AvgIpc) is 2.63. The second kappa shape index (κ2) is 7.43. The van der Waals surface area contributed by atoms with Crippen molar-refractivity contribution in [3.8, 4) is 0 Å². The van der Waals surface area contributed by atoms with Gasteiger partial charge in [0.1, 0.15) is 0 Å². The van der Waals surface area contributed by atoms with Gasteiger partial charge < -0.3 is 10.6 Å². The Kier molecular flexibility index (Phi) is 6.58. The lowest BCUT2D eigenvalue weighted by Crippen LogP contribution is -2.32. The van der Waals surface area contributed by atoms with Gasteiger partial charge in [-0.2, -0.15) is 0 Å². The molecule has 2 N–H and O–H groups in total. The van der Waals surface area contributed by atoms with Gasteiger partial charge in [-0.1, -0.05) is 13.8 Å². The topological polar surface area (TPSA) is 24.1 Å². The molecule has 0 aliphatic heterocycles. The monoisotopic (exact) mass is 304 g/mol. The Balaban J connectivity index is 2.27. The van der Waals surface area contributed by atoms with Crippen molar-refractivity contribution in [1.82, 2.24) is 10.6 Å². The van der Waals surface area contributed by atoms with E-state index in [9.17, 15) is 0 Å². The summed E-state index contributed by atoms with van der Waals surface area (Å²) in [5, 5.41) is 6.79. The average molecular weight is 305 g/mol. The zero-order valence-corrected chi connectivity index (χ0v) is 12.6. The standard InChI is InChI=1S/C12H21BrN2S/c1-9(2)10(6-14-3)7-15-8-11-4-5-12(13)16-11/h4-5,9-10,14-15H,6-8H2,1-3H3. The van der Waals surface area contributed by atoms with Crippen LogP contribution in [0.4, 0.5) is 0 Å². The summed E-state index contributed by atoms with van der Waals surface area (Å²) >= 11 is 5.28. The van der Waals surface area contributed by atoms with Crippen LogP contribution >= 0.6 is 27.3 Å². The predicted molar refractivity (Wildman–Crippen MR) is 76.0 cm³/mol. The molecule has 0 aromatic carbocycles. The van der Waals surface area contributed by atoms with Crippen LogP contribution in [0.15, 0.2) is 15.9 Å². The van der Waals surface area contributed by atoms with Gasteiger partial charge in [-0.25, -0.2) is 0 Å². The van der Waals surface area contributed by atoms with E-state index in [4.69, 9.17) is 0 Å². The molecule has 0 radical (unpaired) electrons. The summed E-state index contributed by atoms with van der Waals surface area (Å²) < 4.78 is 1.21. The van der Waals surface area contributed by atoms with Gasteiger partial charge in [-0.3, -0.25) is 0 Å². The number of nitrogens with one attached hydrogen (secondary N) is 2. The molecule has 0 amide bonds. The van der Waals surface area contributed by atoms with Crippen molar-refractivity contribution in [3.63, 3.8) is 0 Å². The number of thiophene rings is 1. The highest BCUT2D eigenvalue weighted by atomic mass is 79.9. The van der Waals surface area contributed by atoms with E-state index < -0.39 is 0 Å². The van der Waals surface area contributed by atoms with Gasteiger partial charge in [0.15, 0.2) is 0 Å². The second-order valence-electron chi connectivity index (χ2n) is 4.40. The van der Waals surface area contributed by atoms with Crippen LogP contribution < -0.4 is 10.6 Å². The van der Waals surface area contributed by atoms with Gasteiger partial charge in [-0.05, 0) is 60.0 Å². The largest absolute Gasteiger partial charge is 0.319 e. The van der Waals surface area contributed by atoms with Gasteiger partial charge in [0.05, 0.1) is 3.79 Å². The normalized spacial score (nSPS) is 13.3. The third-order valence-corrected chi connectivity index (χ3v) is 4.37. The van der Waals surface area contributed by atoms with E-state index in [2.05, 4.69) is 52.5 Å². The molecule has 1 aromatic rings. The highest BCUT2D eigenvalue weighted by Crippen LogP contribution is 2.21. The van der Waals surface area contributed by atoms with Crippen molar-refractivity contribution in [3.05, 3.63) is 20.8 Å². The number of hydrogen-bond donors (Lipinski definition) is 2. The number of halogens is 1. The summed E-state index contributed by atoms with van der Waals surface area (Å²) in [7, 11) is 2.02. The van der Waals surface area contributed by atoms with Gasteiger partial charge >= 0.3 is 0 Å². The zero-order chi connectivity index (χ0) is 12.0. The van der Waals surface area contributed by atoms with Gasteiger partial charge in [0.2, 0.25) is 0 Å². The van der Waals surface area contributed by atoms with Crippen LogP contribution in [0.3, 0.4) is 0 Å². The lowest BCUT2D eigenvalue weighted by molar-refractivity contribution is 0.353. The Morgan fingerprint density at radius 1 is 1.31 bits per heavy atom. The molecular weight excluding hydrogens is 284 g/mol. The van der Waals surface area contributed by atoms with Gasteiger partial charge in [0.25, 0.3) is 0 Å². The maximum absolute atomic E-state index is 3.53. The fourth-order valence-corrected chi connectivity index (χ4v) is 3.09. The molecule has 2 nitrogen and oxygen atoms in total. The van der Waals surface area contributed by atoms with E-state index in [1.54, 1.807) is 11.3 Å². The van der Waals surface area contributed by atoms with E-state index >= 15 is 0 Å². The Morgan fingerprint density at radius 2 is 2.06 bits per heavy atom. The minimum absolute atomic E-state index is 0.702. The van der Waals surface area contributed by atoms with Gasteiger partial charge in [-0.15, -0.1) is 11.3 Å². The van der Waals surface area contributed by atoms with Crippen molar-refractivity contribution in [1.29, 1.82) is 0 Å². The summed E-state index contributed by atoms with van der Waals surface area (Å²) in [6.45, 7) is 7.70. The van der Waals surface area contributed by atoms with Crippen LogP contribution in [0.1, 0.15) is 18.7 Å². The molecule has 0 saturated carbocycles. The van der Waals surface area contributed by atoms with Gasteiger partial charge in [0, 0.05) is 11.4 Å². The van der Waals surface area contributed by atoms with Crippen molar-refractivity contribution in [2.75, 3.05) is 20.1 Å². The molecule has 1 unspecified atom stereocenters. The first-order valence-electron chi connectivity index (χ1n) is 5.73. The van der Waals surface area contributed by atoms with Crippen molar-refractivity contribution >= 4 is 27.3 Å². The lowest BCUT2D eigenvalue weighted by Gasteiger charge is -2.20. The molecule has 0 bridgehead atoms. The van der Waals surface area contributed by atoms with E-state index in [0.29, 0.717) is 5.92 Å². The first-order chi connectivity index (χ1) is 7.63. The van der Waals surface area contributed by atoms with Crippen molar-refractivity contribution < 1.29 is 0 Å². The molecule has 1 rings (SSSR count). The Hall–Kier alpha value is 0.1000. The van der Waals surface area contributed by atoms with Crippen LogP contribution in [0, 0.1) is 11.8 Å². The maximum atomic E-state index is 3.53. The molecule has 0 aliphatic carbocycles. The zero-order valence-electron chi connectivity index (χ0n) is 10.2. The highest BCUT2D eigenvalue weighted by Gasteiger charge is 2.11. The van der Waals surface area contributed by atoms with Crippen LogP contribution in [0.5, 0.6) is 0 Å². The smallest absolute Gasteiger partial charge is 0.0701 e. The third kappa shape index (κ3) is 4.95. The Labute approximate surface area is 111 Å². The molecule has 16 heavy (non-hydrogen) atoms. The minimum atomic E-state index is 0.702. The van der Waals surface area contributed by atoms with E-state index in [0.717, 1.165) is 25.6 Å². The molecule has 0 saturated heterocycles. The van der Waals surface area contributed by atoms with E-state index in [1.807, 2.05) is 7.05 Å². The first-order valence-corrected chi connectivity index (χ1v) is 7.34. The fraction of sp³-hybridized carbons (Fsp3) is 0.667. The fourth-order valence-electron chi connectivity index (χ4n) is 1.63. The molecule has 1 aromatic heterocycles. The quantitative estimate of drug-likeness (QED) is 0.809. The minimum Gasteiger partial charge on any atom is -0.319 e. The third-order valence-electron chi connectivity index (χ3n) is 2.74. The molecule has 0 spiro atoms. The number of hydrogen-bond acceptors (Lipinski definition) is 3. The molecule has 92 valence electrons. The second-order valence-corrected chi connectivity index (χ2v) is 6.95. The van der Waals surface area contributed by atoms with E-state index in [-0.39, 0.29) is 0 Å². The molecular formula is C12H21BrN2S. The molecule has 1 atom stereocenters. The molecule has 0 fully saturated rings. The van der Waals surface area contributed by atoms with Crippen molar-refractivity contribution in [2.24, 2.45) is 11.8 Å². The number of rotatable bonds is 7. The summed E-state index contributed by atoms with van der Waals surface area (Å²) in [6.07, 6.45) is 0. The summed E-state index contributed by atoms with van der Waals surface area (Å²) in [5.74, 6) is 1.42. The Bertz CT molecular complexity index is 299. The Morgan fingerprint density at radius 3 is 2.56 bits per heavy atom. The summed E-state index contributed by atoms with van der Waals surface area (Å²) in [4.78, 5) is 1.39.